The van der Waals surface area contributed by atoms with Crippen molar-refractivity contribution in [3.63, 3.8) is 0 Å². The molecule has 1 saturated heterocycles. The molecule has 3 rings (SSSR count). The molecule has 0 spiro atoms. The Morgan fingerprint density at radius 1 is 1.56 bits per heavy atom. The predicted molar refractivity (Wildman–Crippen MR) is 69.1 cm³/mol. The molecule has 1 saturated carbocycles. The predicted octanol–water partition coefficient (Wildman–Crippen LogP) is 1.26. The van der Waals surface area contributed by atoms with Gasteiger partial charge in [0.05, 0.1) is 12.7 Å². The molecule has 1 aliphatic heterocycles. The molecule has 1 unspecified atom stereocenters. The quantitative estimate of drug-likeness (QED) is 0.876. The van der Waals surface area contributed by atoms with E-state index in [0.29, 0.717) is 12.5 Å². The fourth-order valence-corrected chi connectivity index (χ4v) is 2.35. The molecule has 1 aromatic heterocycles. The van der Waals surface area contributed by atoms with Crippen LogP contribution < -0.4 is 10.5 Å². The maximum atomic E-state index is 11.7. The Morgan fingerprint density at radius 2 is 2.39 bits per heavy atom. The van der Waals surface area contributed by atoms with Crippen molar-refractivity contribution in [1.82, 2.24) is 9.97 Å². The van der Waals surface area contributed by atoms with E-state index in [1.165, 1.54) is 0 Å². The van der Waals surface area contributed by atoms with Crippen molar-refractivity contribution in [2.24, 2.45) is 0 Å². The number of nitrogens with one attached hydrogen (secondary N) is 1. The average Bonchev–Trinajstić information content (AvgIpc) is 3.22. The molecular formula is C13H19N3O2. The first kappa shape index (κ1) is 11.7. The number of morpholine rings is 1. The van der Waals surface area contributed by atoms with E-state index < -0.39 is 0 Å². The standard InChI is InChI=1S/C13H19N3O2/c1-2-10-8-16(5-6-18-10)11-7-12(17)15-13(14-11)9-3-4-9/h7,9-10H,2-6,8H2,1H3,(H,14,15,17). The molecule has 0 amide bonds. The Kier molecular flexibility index (Phi) is 3.07. The summed E-state index contributed by atoms with van der Waals surface area (Å²) in [5, 5.41) is 0. The zero-order chi connectivity index (χ0) is 12.5. The maximum absolute atomic E-state index is 11.7. The van der Waals surface area contributed by atoms with E-state index in [9.17, 15) is 4.79 Å². The zero-order valence-corrected chi connectivity index (χ0v) is 10.7. The van der Waals surface area contributed by atoms with E-state index in [-0.39, 0.29) is 11.7 Å². The van der Waals surface area contributed by atoms with Crippen LogP contribution in [0.2, 0.25) is 0 Å². The lowest BCUT2D eigenvalue weighted by Gasteiger charge is -2.33. The van der Waals surface area contributed by atoms with E-state index >= 15 is 0 Å². The summed E-state index contributed by atoms with van der Waals surface area (Å²) in [6.07, 6.45) is 3.54. The summed E-state index contributed by atoms with van der Waals surface area (Å²) >= 11 is 0. The number of ether oxygens (including phenoxy) is 1. The number of rotatable bonds is 3. The van der Waals surface area contributed by atoms with Gasteiger partial charge < -0.3 is 14.6 Å². The van der Waals surface area contributed by atoms with Crippen LogP contribution in [-0.2, 0) is 4.74 Å². The highest BCUT2D eigenvalue weighted by Crippen LogP contribution is 2.37. The lowest BCUT2D eigenvalue weighted by Crippen LogP contribution is -2.43. The smallest absolute Gasteiger partial charge is 0.252 e. The van der Waals surface area contributed by atoms with Gasteiger partial charge in [0.1, 0.15) is 11.6 Å². The van der Waals surface area contributed by atoms with Crippen molar-refractivity contribution in [2.75, 3.05) is 24.6 Å². The molecule has 2 heterocycles. The SMILES string of the molecule is CCC1CN(c2cc(=O)[nH]c(C3CC3)n2)CCO1. The van der Waals surface area contributed by atoms with Crippen LogP contribution in [0, 0.1) is 0 Å². The van der Waals surface area contributed by atoms with E-state index in [4.69, 9.17) is 4.74 Å². The van der Waals surface area contributed by atoms with Crippen molar-refractivity contribution in [2.45, 2.75) is 38.2 Å². The average molecular weight is 249 g/mol. The number of hydrogen-bond acceptors (Lipinski definition) is 4. The summed E-state index contributed by atoms with van der Waals surface area (Å²) in [4.78, 5) is 21.3. The van der Waals surface area contributed by atoms with Gasteiger partial charge in [-0.3, -0.25) is 4.79 Å². The van der Waals surface area contributed by atoms with Gasteiger partial charge in [0.2, 0.25) is 0 Å². The molecule has 5 nitrogen and oxygen atoms in total. The van der Waals surface area contributed by atoms with Crippen LogP contribution in [-0.4, -0.2) is 35.8 Å². The lowest BCUT2D eigenvalue weighted by molar-refractivity contribution is 0.0381. The van der Waals surface area contributed by atoms with Gasteiger partial charge in [-0.1, -0.05) is 6.92 Å². The second-order valence-electron chi connectivity index (χ2n) is 5.11. The topological polar surface area (TPSA) is 58.2 Å². The highest BCUT2D eigenvalue weighted by atomic mass is 16.5. The summed E-state index contributed by atoms with van der Waals surface area (Å²) in [5.41, 5.74) is -0.0403. The van der Waals surface area contributed by atoms with Crippen LogP contribution in [0.15, 0.2) is 10.9 Å². The number of aromatic amines is 1. The summed E-state index contributed by atoms with van der Waals surface area (Å²) < 4.78 is 5.64. The van der Waals surface area contributed by atoms with Crippen molar-refractivity contribution < 1.29 is 4.74 Å². The van der Waals surface area contributed by atoms with Gasteiger partial charge in [-0.2, -0.15) is 0 Å². The fraction of sp³-hybridized carbons (Fsp3) is 0.692. The van der Waals surface area contributed by atoms with Crippen LogP contribution in [0.1, 0.15) is 37.9 Å². The van der Waals surface area contributed by atoms with Gasteiger partial charge in [-0.05, 0) is 19.3 Å². The molecule has 0 bridgehead atoms. The lowest BCUT2D eigenvalue weighted by atomic mass is 10.2. The van der Waals surface area contributed by atoms with Gasteiger partial charge >= 0.3 is 0 Å². The van der Waals surface area contributed by atoms with Gasteiger partial charge in [0.25, 0.3) is 5.56 Å². The molecule has 2 fully saturated rings. The first-order valence-corrected chi connectivity index (χ1v) is 6.74. The van der Waals surface area contributed by atoms with Gasteiger partial charge in [-0.15, -0.1) is 0 Å². The largest absolute Gasteiger partial charge is 0.375 e. The molecule has 2 aliphatic rings. The Balaban J connectivity index is 1.84. The Labute approximate surface area is 106 Å². The summed E-state index contributed by atoms with van der Waals surface area (Å²) in [6.45, 7) is 4.48. The minimum Gasteiger partial charge on any atom is -0.375 e. The zero-order valence-electron chi connectivity index (χ0n) is 10.7. The Morgan fingerprint density at radius 3 is 3.11 bits per heavy atom. The molecule has 5 heteroatoms. The fourth-order valence-electron chi connectivity index (χ4n) is 2.35. The van der Waals surface area contributed by atoms with E-state index in [1.807, 2.05) is 0 Å². The summed E-state index contributed by atoms with van der Waals surface area (Å²) in [6, 6.07) is 1.60. The first-order valence-electron chi connectivity index (χ1n) is 6.74. The summed E-state index contributed by atoms with van der Waals surface area (Å²) in [7, 11) is 0. The van der Waals surface area contributed by atoms with Gasteiger partial charge in [0.15, 0.2) is 0 Å². The van der Waals surface area contributed by atoms with Crippen molar-refractivity contribution in [3.05, 3.63) is 22.2 Å². The molecule has 0 aromatic carbocycles. The van der Waals surface area contributed by atoms with E-state index in [1.54, 1.807) is 6.07 Å². The van der Waals surface area contributed by atoms with E-state index in [2.05, 4.69) is 21.8 Å². The van der Waals surface area contributed by atoms with Crippen molar-refractivity contribution in [3.8, 4) is 0 Å². The van der Waals surface area contributed by atoms with Crippen molar-refractivity contribution in [1.29, 1.82) is 0 Å². The van der Waals surface area contributed by atoms with Crippen molar-refractivity contribution >= 4 is 5.82 Å². The summed E-state index contributed by atoms with van der Waals surface area (Å²) in [5.74, 6) is 2.14. The van der Waals surface area contributed by atoms with Crippen LogP contribution in [0.3, 0.4) is 0 Å². The minimum atomic E-state index is -0.0403. The second kappa shape index (κ2) is 4.72. The van der Waals surface area contributed by atoms with Gasteiger partial charge in [-0.25, -0.2) is 4.98 Å². The van der Waals surface area contributed by atoms with Crippen LogP contribution in [0.5, 0.6) is 0 Å². The van der Waals surface area contributed by atoms with Crippen LogP contribution >= 0.6 is 0 Å². The molecule has 98 valence electrons. The van der Waals surface area contributed by atoms with E-state index in [0.717, 1.165) is 44.0 Å². The number of hydrogen-bond donors (Lipinski definition) is 1. The number of H-pyrrole nitrogens is 1. The normalized spacial score (nSPS) is 24.3. The Bertz CT molecular complexity index is 481. The molecule has 1 N–H and O–H groups in total. The Hall–Kier alpha value is -1.36. The van der Waals surface area contributed by atoms with Gasteiger partial charge in [0, 0.05) is 25.1 Å². The molecule has 1 atom stereocenters. The number of aromatic nitrogens is 2. The third-order valence-electron chi connectivity index (χ3n) is 3.63. The highest BCUT2D eigenvalue weighted by Gasteiger charge is 2.28. The molecular weight excluding hydrogens is 230 g/mol. The highest BCUT2D eigenvalue weighted by molar-refractivity contribution is 5.38. The molecule has 1 aromatic rings. The third kappa shape index (κ3) is 2.41. The molecule has 0 radical (unpaired) electrons. The molecule has 18 heavy (non-hydrogen) atoms. The third-order valence-corrected chi connectivity index (χ3v) is 3.63. The maximum Gasteiger partial charge on any atom is 0.252 e. The molecule has 1 aliphatic carbocycles. The minimum absolute atomic E-state index is 0.0403. The monoisotopic (exact) mass is 249 g/mol. The number of nitrogens with zero attached hydrogens (tertiary/aromatic N) is 2. The van der Waals surface area contributed by atoms with Crippen LogP contribution in [0.4, 0.5) is 5.82 Å². The number of anilines is 1. The van der Waals surface area contributed by atoms with Crippen LogP contribution in [0.25, 0.3) is 0 Å². The second-order valence-corrected chi connectivity index (χ2v) is 5.11. The first-order chi connectivity index (χ1) is 8.76.